The minimum Gasteiger partial charge on any atom is -0.514 e. The second kappa shape index (κ2) is 10.4. The molecule has 0 saturated carbocycles. The van der Waals surface area contributed by atoms with Gasteiger partial charge in [-0.1, -0.05) is 49.2 Å². The van der Waals surface area contributed by atoms with Crippen LogP contribution >= 0.6 is 0 Å². The van der Waals surface area contributed by atoms with E-state index < -0.39 is 0 Å². The predicted molar refractivity (Wildman–Crippen MR) is 103 cm³/mol. The molecule has 2 heterocycles. The zero-order valence-electron chi connectivity index (χ0n) is 14.0. The van der Waals surface area contributed by atoms with E-state index in [0.717, 1.165) is 30.1 Å². The van der Waals surface area contributed by atoms with Crippen LogP contribution in [0.5, 0.6) is 0 Å². The number of pyridine rings is 1. The number of thiol groups is 1. The van der Waals surface area contributed by atoms with Gasteiger partial charge in [-0.2, -0.15) is 0 Å². The molecule has 1 fully saturated rings. The van der Waals surface area contributed by atoms with Crippen LogP contribution in [0.2, 0.25) is 0 Å². The first-order valence-corrected chi connectivity index (χ1v) is 8.86. The zero-order valence-corrected chi connectivity index (χ0v) is 15.8. The SMILES string of the molecule is [Cu+2].[SH+]=C([N-]N=C(c1ccccc1)c1ccccn1)N1CCCCCC1. The van der Waals surface area contributed by atoms with Crippen molar-refractivity contribution < 1.29 is 17.1 Å². The fourth-order valence-corrected chi connectivity index (χ4v) is 3.03. The van der Waals surface area contributed by atoms with E-state index in [4.69, 9.17) is 0 Å². The van der Waals surface area contributed by atoms with Crippen LogP contribution in [-0.4, -0.2) is 33.8 Å². The van der Waals surface area contributed by atoms with Gasteiger partial charge in [-0.25, -0.2) is 4.90 Å². The molecule has 1 aromatic carbocycles. The summed E-state index contributed by atoms with van der Waals surface area (Å²) in [7, 11) is 0. The van der Waals surface area contributed by atoms with Crippen LogP contribution in [0.15, 0.2) is 59.8 Å². The fraction of sp³-hybridized carbons (Fsp3) is 0.316. The molecule has 1 aliphatic rings. The van der Waals surface area contributed by atoms with Crippen LogP contribution in [-0.2, 0) is 29.3 Å². The van der Waals surface area contributed by atoms with Gasteiger partial charge in [-0.3, -0.25) is 4.98 Å². The van der Waals surface area contributed by atoms with Crippen molar-refractivity contribution in [2.45, 2.75) is 25.7 Å². The number of rotatable bonds is 3. The van der Waals surface area contributed by atoms with Gasteiger partial charge in [-0.15, -0.1) is 0 Å². The Hall–Kier alpha value is -1.59. The Labute approximate surface area is 165 Å². The Kier molecular flexibility index (Phi) is 8.22. The molecule has 25 heavy (non-hydrogen) atoms. The van der Waals surface area contributed by atoms with Crippen molar-refractivity contribution in [3.05, 3.63) is 71.4 Å². The topological polar surface area (TPSA) is 42.6 Å². The molecule has 3 rings (SSSR count). The third kappa shape index (κ3) is 5.72. The van der Waals surface area contributed by atoms with Crippen molar-refractivity contribution in [3.63, 3.8) is 0 Å². The van der Waals surface area contributed by atoms with E-state index in [2.05, 4.69) is 32.6 Å². The van der Waals surface area contributed by atoms with Gasteiger partial charge in [0.15, 0.2) is 17.3 Å². The van der Waals surface area contributed by atoms with Crippen molar-refractivity contribution in [2.24, 2.45) is 5.10 Å². The van der Waals surface area contributed by atoms with E-state index in [1.54, 1.807) is 6.20 Å². The van der Waals surface area contributed by atoms with Crippen molar-refractivity contribution in [1.82, 2.24) is 9.88 Å². The van der Waals surface area contributed by atoms with Crippen LogP contribution in [0.25, 0.3) is 5.43 Å². The normalized spacial score (nSPS) is 15.8. The van der Waals surface area contributed by atoms with E-state index >= 15 is 0 Å². The monoisotopic (exact) mass is 401 g/mol. The molecule has 133 valence electrons. The molecule has 6 heteroatoms. The van der Waals surface area contributed by atoms with Gasteiger partial charge in [0.05, 0.1) is 11.4 Å². The van der Waals surface area contributed by atoms with Gasteiger partial charge < -0.3 is 10.5 Å². The number of hydrogen-bond donors (Lipinski definition) is 0. The van der Waals surface area contributed by atoms with Crippen molar-refractivity contribution >= 4 is 23.0 Å². The quantitative estimate of drug-likeness (QED) is 0.197. The molecule has 2 aromatic rings. The summed E-state index contributed by atoms with van der Waals surface area (Å²) in [6, 6.07) is 15.8. The fourth-order valence-electron chi connectivity index (χ4n) is 2.78. The van der Waals surface area contributed by atoms with Gasteiger partial charge in [0.2, 0.25) is 0 Å². The summed E-state index contributed by atoms with van der Waals surface area (Å²) in [5.74, 6) is 0. The molecule has 1 saturated heterocycles. The van der Waals surface area contributed by atoms with Gasteiger partial charge in [0.1, 0.15) is 0 Å². The molecule has 1 radical (unpaired) electrons. The van der Waals surface area contributed by atoms with E-state index in [-0.39, 0.29) is 17.1 Å². The second-order valence-electron chi connectivity index (χ2n) is 5.83. The first-order valence-electron chi connectivity index (χ1n) is 8.41. The zero-order chi connectivity index (χ0) is 16.6. The average molecular weight is 402 g/mol. The third-order valence-electron chi connectivity index (χ3n) is 4.08. The summed E-state index contributed by atoms with van der Waals surface area (Å²) in [6.45, 7) is 2.00. The summed E-state index contributed by atoms with van der Waals surface area (Å²) in [4.78, 5) is 6.63. The van der Waals surface area contributed by atoms with Crippen molar-refractivity contribution in [3.8, 4) is 0 Å². The smallest absolute Gasteiger partial charge is 0.514 e. The minimum absolute atomic E-state index is 0. The minimum atomic E-state index is 0. The molecule has 0 amide bonds. The van der Waals surface area contributed by atoms with E-state index in [9.17, 15) is 0 Å². The third-order valence-corrected chi connectivity index (χ3v) is 4.46. The molecule has 0 spiro atoms. The number of hydrogen-bond acceptors (Lipinski definition) is 2. The van der Waals surface area contributed by atoms with Gasteiger partial charge in [0, 0.05) is 24.8 Å². The Balaban J connectivity index is 0.00000225. The number of nitrogens with zero attached hydrogens (tertiary/aromatic N) is 4. The summed E-state index contributed by atoms with van der Waals surface area (Å²) < 4.78 is 0. The molecular weight excluding hydrogens is 380 g/mol. The average Bonchev–Trinajstić information content (AvgIpc) is 2.93. The Bertz CT molecular complexity index is 642. The molecule has 0 bridgehead atoms. The largest absolute Gasteiger partial charge is 2.00 e. The first kappa shape index (κ1) is 19.7. The molecule has 0 aliphatic carbocycles. The number of likely N-dealkylation sites (tertiary alicyclic amines) is 1. The van der Waals surface area contributed by atoms with Crippen molar-refractivity contribution in [1.29, 1.82) is 0 Å². The maximum Gasteiger partial charge on any atom is 2.00 e. The van der Waals surface area contributed by atoms with Crippen LogP contribution < -0.4 is 0 Å². The van der Waals surface area contributed by atoms with E-state index in [1.807, 2.05) is 48.5 Å². The van der Waals surface area contributed by atoms with Gasteiger partial charge in [0.25, 0.3) is 0 Å². The summed E-state index contributed by atoms with van der Waals surface area (Å²) in [5.41, 5.74) is 6.97. The maximum absolute atomic E-state index is 4.57. The molecule has 0 unspecified atom stereocenters. The summed E-state index contributed by atoms with van der Waals surface area (Å²) >= 11 is 4.57. The molecule has 0 atom stereocenters. The molecule has 1 aliphatic heterocycles. The Morgan fingerprint density at radius 2 is 1.64 bits per heavy atom. The number of aromatic nitrogens is 1. The van der Waals surface area contributed by atoms with Gasteiger partial charge >= 0.3 is 17.1 Å². The van der Waals surface area contributed by atoms with Crippen LogP contribution in [0.3, 0.4) is 0 Å². The van der Waals surface area contributed by atoms with Crippen LogP contribution in [0.4, 0.5) is 0 Å². The van der Waals surface area contributed by atoms with Crippen LogP contribution in [0, 0.1) is 0 Å². The Morgan fingerprint density at radius 1 is 0.960 bits per heavy atom. The van der Waals surface area contributed by atoms with E-state index in [0.29, 0.717) is 5.11 Å². The molecule has 4 nitrogen and oxygen atoms in total. The molecule has 1 aromatic heterocycles. The number of benzene rings is 1. The molecule has 0 N–H and O–H groups in total. The second-order valence-corrected chi connectivity index (χ2v) is 6.23. The Morgan fingerprint density at radius 3 is 2.28 bits per heavy atom. The molecular formula is C19H22CuN4S+2. The first-order chi connectivity index (χ1) is 11.8. The van der Waals surface area contributed by atoms with Gasteiger partial charge in [-0.05, 0) is 25.0 Å². The summed E-state index contributed by atoms with van der Waals surface area (Å²) in [6.07, 6.45) is 6.71. The van der Waals surface area contributed by atoms with Crippen LogP contribution in [0.1, 0.15) is 36.9 Å². The standard InChI is InChI=1S/C19H22N4S.Cu/c24-19(23-14-8-1-2-9-15-23)22-21-18(16-10-4-3-5-11-16)17-12-6-7-13-20-17;/h3-7,10-13H,1-2,8-9,14-15H2,(H,20,22,24);/q;+2. The summed E-state index contributed by atoms with van der Waals surface area (Å²) in [5, 5.41) is 5.18. The van der Waals surface area contributed by atoms with E-state index in [1.165, 1.54) is 25.7 Å². The predicted octanol–water partition coefficient (Wildman–Crippen LogP) is 3.45. The van der Waals surface area contributed by atoms with Crippen molar-refractivity contribution in [2.75, 3.05) is 13.1 Å². The maximum atomic E-state index is 4.57.